The van der Waals surface area contributed by atoms with Crippen LogP contribution in [0.4, 0.5) is 0 Å². The normalized spacial score (nSPS) is 13.1. The number of hydrogen-bond donors (Lipinski definition) is 0. The van der Waals surface area contributed by atoms with Crippen LogP contribution in [0.15, 0.2) is 34.2 Å². The molecule has 0 saturated heterocycles. The topological polar surface area (TPSA) is 53.4 Å². The minimum Gasteiger partial charge on any atom is -0.494 e. The van der Waals surface area contributed by atoms with Crippen molar-refractivity contribution in [1.82, 2.24) is 9.55 Å². The predicted molar refractivity (Wildman–Crippen MR) is 111 cm³/mol. The fraction of sp³-hybridized carbons (Fsp3) is 0.400. The molecule has 0 fully saturated rings. The number of rotatable bonds is 7. The van der Waals surface area contributed by atoms with Crippen molar-refractivity contribution in [1.29, 1.82) is 0 Å². The van der Waals surface area contributed by atoms with E-state index in [1.165, 1.54) is 10.4 Å². The molecule has 0 spiro atoms. The number of ether oxygens (including phenoxy) is 2. The van der Waals surface area contributed by atoms with Gasteiger partial charge in [-0.05, 0) is 56.0 Å². The smallest absolute Gasteiger partial charge is 0.262 e. The van der Waals surface area contributed by atoms with Gasteiger partial charge in [0.1, 0.15) is 16.3 Å². The molecule has 0 saturated carbocycles. The summed E-state index contributed by atoms with van der Waals surface area (Å²) in [6, 6.07) is 7.62. The molecular weight excluding hydrogens is 380 g/mol. The minimum atomic E-state index is 0.0781. The summed E-state index contributed by atoms with van der Waals surface area (Å²) < 4.78 is 12.9. The maximum absolute atomic E-state index is 12.8. The third kappa shape index (κ3) is 3.71. The zero-order chi connectivity index (χ0) is 18.8. The van der Waals surface area contributed by atoms with Crippen LogP contribution in [-0.2, 0) is 19.9 Å². The summed E-state index contributed by atoms with van der Waals surface area (Å²) in [5, 5.41) is 1.59. The lowest BCUT2D eigenvalue weighted by atomic mass is 10.2. The average molecular weight is 403 g/mol. The number of fused-ring (bicyclic) bond motifs is 3. The Morgan fingerprint density at radius 3 is 2.67 bits per heavy atom. The van der Waals surface area contributed by atoms with E-state index in [-0.39, 0.29) is 5.56 Å². The molecule has 0 bridgehead atoms. The fourth-order valence-corrected chi connectivity index (χ4v) is 5.42. The molecule has 27 heavy (non-hydrogen) atoms. The summed E-state index contributed by atoms with van der Waals surface area (Å²) >= 11 is 3.24. The number of thiophene rings is 1. The molecule has 0 amide bonds. The summed E-state index contributed by atoms with van der Waals surface area (Å²) in [6.45, 7) is 3.16. The van der Waals surface area contributed by atoms with Gasteiger partial charge < -0.3 is 9.47 Å². The van der Waals surface area contributed by atoms with E-state index in [0.717, 1.165) is 51.9 Å². The number of thioether (sulfide) groups is 1. The third-order valence-electron chi connectivity index (χ3n) is 4.62. The van der Waals surface area contributed by atoms with Gasteiger partial charge in [0.25, 0.3) is 5.56 Å². The van der Waals surface area contributed by atoms with Gasteiger partial charge in [-0.15, -0.1) is 11.3 Å². The van der Waals surface area contributed by atoms with E-state index in [2.05, 4.69) is 0 Å². The Morgan fingerprint density at radius 1 is 1.19 bits per heavy atom. The molecule has 0 atom stereocenters. The molecule has 1 aliphatic carbocycles. The lowest BCUT2D eigenvalue weighted by molar-refractivity contribution is 0.332. The summed E-state index contributed by atoms with van der Waals surface area (Å²) in [5.74, 6) is 2.38. The summed E-state index contributed by atoms with van der Waals surface area (Å²) in [6.07, 6.45) is 3.24. The van der Waals surface area contributed by atoms with E-state index < -0.39 is 0 Å². The molecule has 4 rings (SSSR count). The zero-order valence-electron chi connectivity index (χ0n) is 15.5. The molecule has 3 aromatic rings. The highest BCUT2D eigenvalue weighted by atomic mass is 32.2. The van der Waals surface area contributed by atoms with Crippen molar-refractivity contribution in [3.8, 4) is 11.5 Å². The second kappa shape index (κ2) is 7.94. The molecule has 5 nitrogen and oxygen atoms in total. The predicted octanol–water partition coefficient (Wildman–Crippen LogP) is 4.05. The Balaban J connectivity index is 1.40. The van der Waals surface area contributed by atoms with Crippen LogP contribution < -0.4 is 15.0 Å². The first kappa shape index (κ1) is 18.4. The number of nitrogens with zero attached hydrogens (tertiary/aromatic N) is 2. The van der Waals surface area contributed by atoms with Crippen LogP contribution in [0, 0.1) is 0 Å². The van der Waals surface area contributed by atoms with Gasteiger partial charge in [-0.3, -0.25) is 9.36 Å². The minimum absolute atomic E-state index is 0.0781. The zero-order valence-corrected chi connectivity index (χ0v) is 17.1. The standard InChI is InChI=1S/C20H22N2O3S2/c1-3-24-13-7-9-14(10-8-13)25-11-12-26-20-21-18-17(19(23)22(20)2)15-5-4-6-16(15)27-18/h7-10H,3-6,11-12H2,1-2H3. The Morgan fingerprint density at radius 2 is 1.93 bits per heavy atom. The van der Waals surface area contributed by atoms with Gasteiger partial charge in [-0.25, -0.2) is 4.98 Å². The summed E-state index contributed by atoms with van der Waals surface area (Å²) in [4.78, 5) is 19.8. The van der Waals surface area contributed by atoms with Gasteiger partial charge in [-0.1, -0.05) is 11.8 Å². The van der Waals surface area contributed by atoms with E-state index in [0.29, 0.717) is 13.2 Å². The Hall–Kier alpha value is -1.99. The number of hydrogen-bond acceptors (Lipinski definition) is 6. The largest absolute Gasteiger partial charge is 0.494 e. The molecule has 2 aromatic heterocycles. The molecular formula is C20H22N2O3S2. The van der Waals surface area contributed by atoms with E-state index >= 15 is 0 Å². The van der Waals surface area contributed by atoms with Gasteiger partial charge in [0.2, 0.25) is 0 Å². The third-order valence-corrected chi connectivity index (χ3v) is 6.80. The molecule has 7 heteroatoms. The van der Waals surface area contributed by atoms with E-state index in [9.17, 15) is 4.79 Å². The monoisotopic (exact) mass is 402 g/mol. The van der Waals surface area contributed by atoms with E-state index in [1.54, 1.807) is 27.7 Å². The lowest BCUT2D eigenvalue weighted by Gasteiger charge is -2.09. The van der Waals surface area contributed by atoms with Crippen molar-refractivity contribution in [2.24, 2.45) is 7.05 Å². The van der Waals surface area contributed by atoms with E-state index in [1.807, 2.05) is 38.2 Å². The highest BCUT2D eigenvalue weighted by Crippen LogP contribution is 2.35. The highest BCUT2D eigenvalue weighted by Gasteiger charge is 2.22. The Kier molecular flexibility index (Phi) is 5.41. The number of aryl methyl sites for hydroxylation is 2. The quantitative estimate of drug-likeness (QED) is 0.339. The molecule has 1 aromatic carbocycles. The van der Waals surface area contributed by atoms with E-state index in [4.69, 9.17) is 14.5 Å². The van der Waals surface area contributed by atoms with Crippen molar-refractivity contribution >= 4 is 33.3 Å². The molecule has 0 unspecified atom stereocenters. The van der Waals surface area contributed by atoms with Gasteiger partial charge >= 0.3 is 0 Å². The van der Waals surface area contributed by atoms with Crippen LogP contribution in [0.2, 0.25) is 0 Å². The second-order valence-corrected chi connectivity index (χ2v) is 8.54. The Bertz CT molecular complexity index is 1010. The molecule has 0 N–H and O–H groups in total. The van der Waals surface area contributed by atoms with Gasteiger partial charge in [0.15, 0.2) is 5.16 Å². The van der Waals surface area contributed by atoms with Crippen molar-refractivity contribution in [2.75, 3.05) is 19.0 Å². The Labute approximate surface area is 166 Å². The molecule has 0 radical (unpaired) electrons. The first-order chi connectivity index (χ1) is 13.2. The van der Waals surface area contributed by atoms with Gasteiger partial charge in [0, 0.05) is 17.7 Å². The van der Waals surface area contributed by atoms with Gasteiger partial charge in [0.05, 0.1) is 18.6 Å². The highest BCUT2D eigenvalue weighted by molar-refractivity contribution is 7.99. The maximum atomic E-state index is 12.8. The fourth-order valence-electron chi connectivity index (χ4n) is 3.33. The molecule has 142 valence electrons. The van der Waals surface area contributed by atoms with Crippen molar-refractivity contribution in [3.05, 3.63) is 45.1 Å². The summed E-state index contributed by atoms with van der Waals surface area (Å²) in [5.41, 5.74) is 1.31. The van der Waals surface area contributed by atoms with Gasteiger partial charge in [-0.2, -0.15) is 0 Å². The number of aromatic nitrogens is 2. The van der Waals surface area contributed by atoms with Crippen LogP contribution >= 0.6 is 23.1 Å². The van der Waals surface area contributed by atoms with Crippen molar-refractivity contribution < 1.29 is 9.47 Å². The van der Waals surface area contributed by atoms with Crippen LogP contribution in [0.3, 0.4) is 0 Å². The van der Waals surface area contributed by atoms with Crippen LogP contribution in [0.25, 0.3) is 10.2 Å². The van der Waals surface area contributed by atoms with Crippen LogP contribution in [0.1, 0.15) is 23.8 Å². The van der Waals surface area contributed by atoms with Crippen molar-refractivity contribution in [2.45, 2.75) is 31.3 Å². The first-order valence-electron chi connectivity index (χ1n) is 9.17. The maximum Gasteiger partial charge on any atom is 0.262 e. The SMILES string of the molecule is CCOc1ccc(OCCSc2nc3sc4c(c3c(=O)n2C)CCC4)cc1. The van der Waals surface area contributed by atoms with Crippen LogP contribution in [0.5, 0.6) is 11.5 Å². The molecule has 0 aliphatic heterocycles. The summed E-state index contributed by atoms with van der Waals surface area (Å²) in [7, 11) is 1.81. The number of benzene rings is 1. The average Bonchev–Trinajstić information content (AvgIpc) is 3.25. The van der Waals surface area contributed by atoms with Crippen LogP contribution in [-0.4, -0.2) is 28.5 Å². The van der Waals surface area contributed by atoms with Crippen molar-refractivity contribution in [3.63, 3.8) is 0 Å². The molecule has 2 heterocycles. The lowest BCUT2D eigenvalue weighted by Crippen LogP contribution is -2.20. The first-order valence-corrected chi connectivity index (χ1v) is 11.0. The molecule has 1 aliphatic rings. The second-order valence-electron chi connectivity index (χ2n) is 6.40.